The summed E-state index contributed by atoms with van der Waals surface area (Å²) >= 11 is 0. The van der Waals surface area contributed by atoms with Crippen LogP contribution in [0.15, 0.2) is 79.1 Å². The summed E-state index contributed by atoms with van der Waals surface area (Å²) in [6.07, 6.45) is 4.60. The summed E-state index contributed by atoms with van der Waals surface area (Å²) in [5, 5.41) is 0. The summed E-state index contributed by atoms with van der Waals surface area (Å²) in [7, 11) is -3.32. The van der Waals surface area contributed by atoms with Crippen molar-refractivity contribution in [1.82, 2.24) is 15.0 Å². The van der Waals surface area contributed by atoms with Crippen LogP contribution in [0.3, 0.4) is 0 Å². The molecule has 2 N–H and O–H groups in total. The number of hydrogen-bond donors (Lipinski definition) is 2. The molecule has 0 spiro atoms. The van der Waals surface area contributed by atoms with Gasteiger partial charge in [0.25, 0.3) is 0 Å². The maximum Gasteiger partial charge on any atom is 0.229 e. The number of imidazole rings is 1. The smallest absolute Gasteiger partial charge is 0.229 e. The second-order valence-electron chi connectivity index (χ2n) is 6.36. The van der Waals surface area contributed by atoms with E-state index in [1.807, 2.05) is 54.6 Å². The Morgan fingerprint density at radius 3 is 2.14 bits per heavy atom. The SMILES string of the molecule is CS(=O)(=O)Nc1ccc(-c2nc(-c3ccccc3)[nH]c2-c2ccncc2)cc1. The van der Waals surface area contributed by atoms with E-state index in [0.29, 0.717) is 5.69 Å². The highest BCUT2D eigenvalue weighted by Crippen LogP contribution is 2.33. The number of aromatic nitrogens is 3. The molecule has 2 aromatic carbocycles. The van der Waals surface area contributed by atoms with Gasteiger partial charge in [-0.2, -0.15) is 0 Å². The van der Waals surface area contributed by atoms with Crippen LogP contribution >= 0.6 is 0 Å². The number of nitrogens with one attached hydrogen (secondary N) is 2. The van der Waals surface area contributed by atoms with Crippen LogP contribution in [0.4, 0.5) is 5.69 Å². The average Bonchev–Trinajstić information content (AvgIpc) is 3.14. The number of H-pyrrole nitrogens is 1. The van der Waals surface area contributed by atoms with Gasteiger partial charge in [-0.3, -0.25) is 9.71 Å². The number of benzene rings is 2. The number of hydrogen-bond acceptors (Lipinski definition) is 4. The Morgan fingerprint density at radius 1 is 0.821 bits per heavy atom. The zero-order valence-electron chi connectivity index (χ0n) is 15.1. The van der Waals surface area contributed by atoms with Crippen molar-refractivity contribution in [1.29, 1.82) is 0 Å². The van der Waals surface area contributed by atoms with Crippen LogP contribution < -0.4 is 4.72 Å². The van der Waals surface area contributed by atoms with Gasteiger partial charge in [0, 0.05) is 34.8 Å². The first kappa shape index (κ1) is 17.9. The lowest BCUT2D eigenvalue weighted by molar-refractivity contribution is 0.607. The minimum atomic E-state index is -3.32. The minimum Gasteiger partial charge on any atom is -0.337 e. The monoisotopic (exact) mass is 390 g/mol. The first-order chi connectivity index (χ1) is 13.5. The van der Waals surface area contributed by atoms with E-state index in [1.54, 1.807) is 24.5 Å². The molecule has 4 aromatic rings. The second-order valence-corrected chi connectivity index (χ2v) is 8.11. The lowest BCUT2D eigenvalue weighted by atomic mass is 10.1. The van der Waals surface area contributed by atoms with Gasteiger partial charge >= 0.3 is 0 Å². The van der Waals surface area contributed by atoms with Crippen molar-refractivity contribution >= 4 is 15.7 Å². The topological polar surface area (TPSA) is 87.7 Å². The van der Waals surface area contributed by atoms with Gasteiger partial charge in [-0.05, 0) is 24.3 Å². The van der Waals surface area contributed by atoms with Crippen molar-refractivity contribution < 1.29 is 8.42 Å². The molecule has 0 aliphatic carbocycles. The number of anilines is 1. The van der Waals surface area contributed by atoms with Gasteiger partial charge < -0.3 is 4.98 Å². The first-order valence-corrected chi connectivity index (χ1v) is 10.5. The van der Waals surface area contributed by atoms with E-state index in [0.717, 1.165) is 40.2 Å². The molecule has 0 bridgehead atoms. The van der Waals surface area contributed by atoms with Crippen molar-refractivity contribution in [3.05, 3.63) is 79.1 Å². The minimum absolute atomic E-state index is 0.510. The van der Waals surface area contributed by atoms with E-state index in [-0.39, 0.29) is 0 Å². The molecule has 28 heavy (non-hydrogen) atoms. The summed E-state index contributed by atoms with van der Waals surface area (Å²) in [4.78, 5) is 12.3. The van der Waals surface area contributed by atoms with Gasteiger partial charge in [-0.1, -0.05) is 42.5 Å². The predicted octanol–water partition coefficient (Wildman–Crippen LogP) is 4.18. The number of sulfonamides is 1. The quantitative estimate of drug-likeness (QED) is 0.535. The molecule has 0 aliphatic rings. The molecule has 0 aliphatic heterocycles. The zero-order chi connectivity index (χ0) is 19.6. The molecule has 7 heteroatoms. The van der Waals surface area contributed by atoms with E-state index in [4.69, 9.17) is 4.98 Å². The number of rotatable bonds is 5. The summed E-state index contributed by atoms with van der Waals surface area (Å²) < 4.78 is 25.3. The molecule has 0 saturated heterocycles. The van der Waals surface area contributed by atoms with Gasteiger partial charge in [0.05, 0.1) is 17.6 Å². The van der Waals surface area contributed by atoms with Crippen molar-refractivity contribution in [2.24, 2.45) is 0 Å². The summed E-state index contributed by atoms with van der Waals surface area (Å²) in [6.45, 7) is 0. The summed E-state index contributed by atoms with van der Waals surface area (Å²) in [5.74, 6) is 0.765. The fourth-order valence-electron chi connectivity index (χ4n) is 2.95. The molecule has 0 amide bonds. The van der Waals surface area contributed by atoms with Crippen LogP contribution in [0, 0.1) is 0 Å². The van der Waals surface area contributed by atoms with Crippen molar-refractivity contribution in [2.75, 3.05) is 11.0 Å². The van der Waals surface area contributed by atoms with E-state index < -0.39 is 10.0 Å². The second kappa shape index (κ2) is 7.28. The van der Waals surface area contributed by atoms with Crippen LogP contribution in [0.25, 0.3) is 33.9 Å². The van der Waals surface area contributed by atoms with Crippen LogP contribution in [0.1, 0.15) is 0 Å². The third-order valence-corrected chi connectivity index (χ3v) is 4.79. The fourth-order valence-corrected chi connectivity index (χ4v) is 3.52. The lowest BCUT2D eigenvalue weighted by Crippen LogP contribution is -2.09. The van der Waals surface area contributed by atoms with E-state index >= 15 is 0 Å². The standard InChI is InChI=1S/C21H18N4O2S/c1-28(26,27)25-18-9-7-15(8-10-18)19-20(16-11-13-22-14-12-16)24-21(23-19)17-5-3-2-4-6-17/h2-14,25H,1H3,(H,23,24). The Morgan fingerprint density at radius 2 is 1.50 bits per heavy atom. The Bertz CT molecular complexity index is 1190. The normalized spacial score (nSPS) is 11.3. The zero-order valence-corrected chi connectivity index (χ0v) is 15.9. The van der Waals surface area contributed by atoms with Gasteiger partial charge in [0.15, 0.2) is 0 Å². The maximum atomic E-state index is 11.4. The molecule has 4 rings (SSSR count). The Kier molecular flexibility index (Phi) is 4.67. The van der Waals surface area contributed by atoms with Gasteiger partial charge in [0.1, 0.15) is 5.82 Å². The molecule has 0 unspecified atom stereocenters. The van der Waals surface area contributed by atoms with E-state index in [9.17, 15) is 8.42 Å². The predicted molar refractivity (Wildman–Crippen MR) is 111 cm³/mol. The average molecular weight is 390 g/mol. The molecule has 2 aromatic heterocycles. The summed E-state index contributed by atoms with van der Waals surface area (Å²) in [6, 6.07) is 20.9. The number of nitrogens with zero attached hydrogens (tertiary/aromatic N) is 2. The summed E-state index contributed by atoms with van der Waals surface area (Å²) in [5.41, 5.74) is 5.01. The highest BCUT2D eigenvalue weighted by Gasteiger charge is 2.15. The lowest BCUT2D eigenvalue weighted by Gasteiger charge is -2.06. The van der Waals surface area contributed by atoms with Crippen LogP contribution in [-0.2, 0) is 10.0 Å². The van der Waals surface area contributed by atoms with Gasteiger partial charge in [0.2, 0.25) is 10.0 Å². The Labute approximate surface area is 163 Å². The Hall–Kier alpha value is -3.45. The molecule has 0 atom stereocenters. The largest absolute Gasteiger partial charge is 0.337 e. The van der Waals surface area contributed by atoms with Crippen molar-refractivity contribution in [3.8, 4) is 33.9 Å². The molecule has 0 radical (unpaired) electrons. The maximum absolute atomic E-state index is 11.4. The van der Waals surface area contributed by atoms with E-state index in [2.05, 4.69) is 14.7 Å². The highest BCUT2D eigenvalue weighted by molar-refractivity contribution is 7.92. The first-order valence-electron chi connectivity index (χ1n) is 8.64. The van der Waals surface area contributed by atoms with Crippen LogP contribution in [0.5, 0.6) is 0 Å². The van der Waals surface area contributed by atoms with Crippen LogP contribution in [0.2, 0.25) is 0 Å². The molecule has 140 valence electrons. The third kappa shape index (κ3) is 3.94. The highest BCUT2D eigenvalue weighted by atomic mass is 32.2. The number of aromatic amines is 1. The van der Waals surface area contributed by atoms with Gasteiger partial charge in [-0.25, -0.2) is 13.4 Å². The molecule has 2 heterocycles. The van der Waals surface area contributed by atoms with Gasteiger partial charge in [-0.15, -0.1) is 0 Å². The Balaban J connectivity index is 1.80. The van der Waals surface area contributed by atoms with E-state index in [1.165, 1.54) is 0 Å². The molecular formula is C21H18N4O2S. The van der Waals surface area contributed by atoms with Crippen molar-refractivity contribution in [3.63, 3.8) is 0 Å². The van der Waals surface area contributed by atoms with Crippen molar-refractivity contribution in [2.45, 2.75) is 0 Å². The fraction of sp³-hybridized carbons (Fsp3) is 0.0476. The molecular weight excluding hydrogens is 372 g/mol. The molecule has 0 saturated carbocycles. The molecule has 6 nitrogen and oxygen atoms in total. The molecule has 0 fully saturated rings. The third-order valence-electron chi connectivity index (χ3n) is 4.18. The number of pyridine rings is 1. The van der Waals surface area contributed by atoms with Crippen LogP contribution in [-0.4, -0.2) is 29.6 Å².